The molecule has 142 valence electrons. The average Bonchev–Trinajstić information content (AvgIpc) is 3.36. The number of hydrogen-bond acceptors (Lipinski definition) is 4. The Kier molecular flexibility index (Phi) is 5.48. The Labute approximate surface area is 168 Å². The quantitative estimate of drug-likeness (QED) is 0.516. The molecule has 4 rings (SSSR count). The Morgan fingerprint density at radius 2 is 1.93 bits per heavy atom. The van der Waals surface area contributed by atoms with Crippen molar-refractivity contribution in [1.82, 2.24) is 19.9 Å². The van der Waals surface area contributed by atoms with E-state index in [9.17, 15) is 4.79 Å². The molecule has 4 aromatic rings. The van der Waals surface area contributed by atoms with Crippen LogP contribution in [0.2, 0.25) is 0 Å². The van der Waals surface area contributed by atoms with Crippen LogP contribution in [0.4, 0.5) is 0 Å². The van der Waals surface area contributed by atoms with Crippen molar-refractivity contribution >= 4 is 28.3 Å². The van der Waals surface area contributed by atoms with E-state index in [2.05, 4.69) is 32.8 Å². The van der Waals surface area contributed by atoms with Gasteiger partial charge in [-0.3, -0.25) is 4.79 Å². The second-order valence-electron chi connectivity index (χ2n) is 6.82. The van der Waals surface area contributed by atoms with Crippen molar-refractivity contribution in [3.63, 3.8) is 0 Å². The van der Waals surface area contributed by atoms with Crippen LogP contribution in [-0.2, 0) is 17.8 Å². The van der Waals surface area contributed by atoms with Crippen LogP contribution >= 0.6 is 11.3 Å². The number of carbonyl (C=O) groups is 1. The predicted octanol–water partition coefficient (Wildman–Crippen LogP) is 4.15. The van der Waals surface area contributed by atoms with Gasteiger partial charge in [0.1, 0.15) is 0 Å². The average molecular weight is 391 g/mol. The van der Waals surface area contributed by atoms with Crippen molar-refractivity contribution < 1.29 is 4.79 Å². The number of fused-ring (bicyclic) bond motifs is 1. The molecule has 2 aromatic carbocycles. The van der Waals surface area contributed by atoms with Gasteiger partial charge >= 0.3 is 0 Å². The Balaban J connectivity index is 1.29. The SMILES string of the molecule is C[C@H](Cn1cnc2ccccc21)C(=O)NCCc1nc(-c2ccccc2)cs1. The van der Waals surface area contributed by atoms with Crippen molar-refractivity contribution in [1.29, 1.82) is 0 Å². The molecule has 2 aromatic heterocycles. The van der Waals surface area contributed by atoms with Gasteiger partial charge in [-0.1, -0.05) is 49.4 Å². The summed E-state index contributed by atoms with van der Waals surface area (Å²) in [4.78, 5) is 21.5. The third-order valence-corrected chi connectivity index (χ3v) is 5.61. The molecule has 0 aliphatic heterocycles. The highest BCUT2D eigenvalue weighted by Gasteiger charge is 2.15. The molecular formula is C22H22N4OS. The molecule has 5 nitrogen and oxygen atoms in total. The Hall–Kier alpha value is -2.99. The third-order valence-electron chi connectivity index (χ3n) is 4.70. The standard InChI is InChI=1S/C22H22N4OS/c1-16(13-26-15-24-18-9-5-6-10-20(18)26)22(27)23-12-11-21-25-19(14-28-21)17-7-3-2-4-8-17/h2-10,14-16H,11-13H2,1H3,(H,23,27)/t16-/m1/s1. The van der Waals surface area contributed by atoms with E-state index >= 15 is 0 Å². The topological polar surface area (TPSA) is 59.8 Å². The normalized spacial score (nSPS) is 12.2. The first-order valence-corrected chi connectivity index (χ1v) is 10.3. The zero-order chi connectivity index (χ0) is 19.3. The molecule has 28 heavy (non-hydrogen) atoms. The van der Waals surface area contributed by atoms with Crippen LogP contribution in [0.5, 0.6) is 0 Å². The van der Waals surface area contributed by atoms with Crippen LogP contribution in [0.1, 0.15) is 11.9 Å². The number of aromatic nitrogens is 3. The first-order chi connectivity index (χ1) is 13.7. The minimum absolute atomic E-state index is 0.0534. The summed E-state index contributed by atoms with van der Waals surface area (Å²) in [5.41, 5.74) is 4.12. The van der Waals surface area contributed by atoms with Crippen LogP contribution in [-0.4, -0.2) is 27.0 Å². The lowest BCUT2D eigenvalue weighted by Crippen LogP contribution is -2.32. The lowest BCUT2D eigenvalue weighted by atomic mass is 10.1. The van der Waals surface area contributed by atoms with Crippen molar-refractivity contribution in [3.8, 4) is 11.3 Å². The maximum Gasteiger partial charge on any atom is 0.224 e. The number of amides is 1. The molecule has 1 N–H and O–H groups in total. The largest absolute Gasteiger partial charge is 0.355 e. The maximum atomic E-state index is 12.5. The minimum atomic E-state index is -0.131. The van der Waals surface area contributed by atoms with Gasteiger partial charge in [-0.15, -0.1) is 11.3 Å². The van der Waals surface area contributed by atoms with Crippen LogP contribution < -0.4 is 5.32 Å². The molecule has 0 spiro atoms. The Morgan fingerprint density at radius 1 is 1.14 bits per heavy atom. The summed E-state index contributed by atoms with van der Waals surface area (Å²) in [6.45, 7) is 3.15. The molecule has 0 saturated heterocycles. The number of para-hydroxylation sites is 2. The van der Waals surface area contributed by atoms with Gasteiger partial charge in [-0.05, 0) is 12.1 Å². The number of carbonyl (C=O) groups excluding carboxylic acids is 1. The van der Waals surface area contributed by atoms with Gasteiger partial charge < -0.3 is 9.88 Å². The molecule has 6 heteroatoms. The lowest BCUT2D eigenvalue weighted by Gasteiger charge is -2.13. The van der Waals surface area contributed by atoms with Gasteiger partial charge in [0.2, 0.25) is 5.91 Å². The van der Waals surface area contributed by atoms with E-state index in [1.807, 2.05) is 54.0 Å². The summed E-state index contributed by atoms with van der Waals surface area (Å²) in [6, 6.07) is 18.1. The molecular weight excluding hydrogens is 368 g/mol. The predicted molar refractivity (Wildman–Crippen MR) is 113 cm³/mol. The number of thiazole rings is 1. The summed E-state index contributed by atoms with van der Waals surface area (Å²) in [6.07, 6.45) is 2.54. The zero-order valence-corrected chi connectivity index (χ0v) is 16.5. The van der Waals surface area contributed by atoms with Crippen LogP contribution in [0.3, 0.4) is 0 Å². The van der Waals surface area contributed by atoms with Crippen LogP contribution in [0.25, 0.3) is 22.3 Å². The monoisotopic (exact) mass is 390 g/mol. The summed E-state index contributed by atoms with van der Waals surface area (Å²) in [5.74, 6) is -0.0774. The highest BCUT2D eigenvalue weighted by Crippen LogP contribution is 2.21. The molecule has 1 amide bonds. The highest BCUT2D eigenvalue weighted by molar-refractivity contribution is 7.09. The van der Waals surface area contributed by atoms with Crippen molar-refractivity contribution in [2.24, 2.45) is 5.92 Å². The van der Waals surface area contributed by atoms with Gasteiger partial charge in [0, 0.05) is 30.5 Å². The van der Waals surface area contributed by atoms with Crippen molar-refractivity contribution in [2.75, 3.05) is 6.54 Å². The summed E-state index contributed by atoms with van der Waals surface area (Å²) in [7, 11) is 0. The third kappa shape index (κ3) is 4.12. The number of hydrogen-bond donors (Lipinski definition) is 1. The molecule has 1 atom stereocenters. The zero-order valence-electron chi connectivity index (χ0n) is 15.7. The summed E-state index contributed by atoms with van der Waals surface area (Å²) >= 11 is 1.63. The fourth-order valence-electron chi connectivity index (χ4n) is 3.17. The van der Waals surface area contributed by atoms with Gasteiger partial charge in [-0.2, -0.15) is 0 Å². The second kappa shape index (κ2) is 8.35. The summed E-state index contributed by atoms with van der Waals surface area (Å²) in [5, 5.41) is 6.14. The number of imidazole rings is 1. The van der Waals surface area contributed by atoms with E-state index < -0.39 is 0 Å². The fourth-order valence-corrected chi connectivity index (χ4v) is 3.98. The van der Waals surface area contributed by atoms with E-state index in [0.29, 0.717) is 13.1 Å². The second-order valence-corrected chi connectivity index (χ2v) is 7.76. The van der Waals surface area contributed by atoms with Crippen LogP contribution in [0.15, 0.2) is 66.3 Å². The molecule has 0 aliphatic carbocycles. The smallest absolute Gasteiger partial charge is 0.224 e. The number of benzene rings is 2. The molecule has 0 bridgehead atoms. The van der Waals surface area contributed by atoms with Gasteiger partial charge in [0.05, 0.1) is 34.0 Å². The first-order valence-electron chi connectivity index (χ1n) is 9.38. The lowest BCUT2D eigenvalue weighted by molar-refractivity contribution is -0.124. The van der Waals surface area contributed by atoms with Gasteiger partial charge in [-0.25, -0.2) is 9.97 Å². The molecule has 0 unspecified atom stereocenters. The molecule has 0 radical (unpaired) electrons. The van der Waals surface area contributed by atoms with E-state index in [0.717, 1.165) is 33.7 Å². The fraction of sp³-hybridized carbons (Fsp3) is 0.227. The van der Waals surface area contributed by atoms with E-state index in [-0.39, 0.29) is 11.8 Å². The molecule has 0 saturated carbocycles. The Bertz CT molecular complexity index is 1070. The number of nitrogens with zero attached hydrogens (tertiary/aromatic N) is 3. The molecule has 0 aliphatic rings. The van der Waals surface area contributed by atoms with Gasteiger partial charge in [0.25, 0.3) is 0 Å². The van der Waals surface area contributed by atoms with Crippen molar-refractivity contribution in [2.45, 2.75) is 19.9 Å². The molecule has 0 fully saturated rings. The van der Waals surface area contributed by atoms with E-state index in [1.165, 1.54) is 0 Å². The number of nitrogens with one attached hydrogen (secondary N) is 1. The maximum absolute atomic E-state index is 12.5. The first kappa shape index (κ1) is 18.4. The molecule has 2 heterocycles. The van der Waals surface area contributed by atoms with E-state index in [4.69, 9.17) is 0 Å². The minimum Gasteiger partial charge on any atom is -0.355 e. The van der Waals surface area contributed by atoms with E-state index in [1.54, 1.807) is 17.7 Å². The van der Waals surface area contributed by atoms with Crippen LogP contribution in [0, 0.1) is 5.92 Å². The van der Waals surface area contributed by atoms with Crippen molar-refractivity contribution in [3.05, 3.63) is 71.3 Å². The highest BCUT2D eigenvalue weighted by atomic mass is 32.1. The summed E-state index contributed by atoms with van der Waals surface area (Å²) < 4.78 is 2.03. The van der Waals surface area contributed by atoms with Gasteiger partial charge in [0.15, 0.2) is 0 Å². The Morgan fingerprint density at radius 3 is 2.79 bits per heavy atom. The number of rotatable bonds is 7.